The van der Waals surface area contributed by atoms with Crippen LogP contribution in [0.5, 0.6) is 0 Å². The molecule has 142 valence electrons. The molecule has 0 fully saturated rings. The van der Waals surface area contributed by atoms with Gasteiger partial charge in [0.2, 0.25) is 5.91 Å². The Morgan fingerprint density at radius 2 is 1.81 bits per heavy atom. The molecule has 6 heteroatoms. The molecular formula is C20H27NO4S. The van der Waals surface area contributed by atoms with E-state index in [1.807, 2.05) is 51.1 Å². The third kappa shape index (κ3) is 8.34. The van der Waals surface area contributed by atoms with E-state index in [0.29, 0.717) is 12.2 Å². The zero-order valence-electron chi connectivity index (χ0n) is 15.8. The Hall–Kier alpha value is -2.08. The topological polar surface area (TPSA) is 72.5 Å². The summed E-state index contributed by atoms with van der Waals surface area (Å²) in [5.41, 5.74) is 0.901. The number of esters is 1. The minimum Gasteiger partial charge on any atom is -0.466 e. The molecule has 0 aliphatic rings. The average Bonchev–Trinajstić information content (AvgIpc) is 2.58. The Bertz CT molecular complexity index is 648. The third-order valence-electron chi connectivity index (χ3n) is 3.32. The zero-order chi connectivity index (χ0) is 19.6. The van der Waals surface area contributed by atoms with Crippen molar-refractivity contribution in [1.82, 2.24) is 5.32 Å². The summed E-state index contributed by atoms with van der Waals surface area (Å²) in [6.45, 7) is 7.80. The molecule has 26 heavy (non-hydrogen) atoms. The van der Waals surface area contributed by atoms with Gasteiger partial charge < -0.3 is 10.1 Å². The summed E-state index contributed by atoms with van der Waals surface area (Å²) in [7, 11) is 0. The number of nitrogens with one attached hydrogen (secondary N) is 1. The lowest BCUT2D eigenvalue weighted by Gasteiger charge is -2.16. The number of ether oxygens (including phenoxy) is 1. The maximum Gasteiger partial charge on any atom is 0.307 e. The first-order valence-electron chi connectivity index (χ1n) is 8.60. The first-order chi connectivity index (χ1) is 12.2. The summed E-state index contributed by atoms with van der Waals surface area (Å²) < 4.78 is 4.84. The molecule has 1 aromatic rings. The van der Waals surface area contributed by atoms with Gasteiger partial charge in [-0.3, -0.25) is 14.4 Å². The highest BCUT2D eigenvalue weighted by atomic mass is 32.2. The Morgan fingerprint density at radius 3 is 2.38 bits per heavy atom. The lowest BCUT2D eigenvalue weighted by Crippen LogP contribution is -2.29. The normalized spacial score (nSPS) is 11.8. The number of carbonyl (C=O) groups is 3. The Kier molecular flexibility index (Phi) is 9.13. The Morgan fingerprint density at radius 1 is 1.15 bits per heavy atom. The summed E-state index contributed by atoms with van der Waals surface area (Å²) >= 11 is 1.13. The van der Waals surface area contributed by atoms with Gasteiger partial charge in [0.1, 0.15) is 0 Å². The minimum absolute atomic E-state index is 0.0239. The van der Waals surface area contributed by atoms with Crippen molar-refractivity contribution in [3.05, 3.63) is 41.5 Å². The summed E-state index contributed by atoms with van der Waals surface area (Å²) in [5, 5.41) is 2.75. The second-order valence-corrected chi connectivity index (χ2v) is 7.67. The van der Waals surface area contributed by atoms with Crippen LogP contribution in [0.2, 0.25) is 0 Å². The van der Waals surface area contributed by atoms with Gasteiger partial charge in [-0.15, -0.1) is 0 Å². The quantitative estimate of drug-likeness (QED) is 0.555. The maximum absolute atomic E-state index is 12.5. The largest absolute Gasteiger partial charge is 0.466 e. The first kappa shape index (κ1) is 22.0. The van der Waals surface area contributed by atoms with E-state index < -0.39 is 5.41 Å². The van der Waals surface area contributed by atoms with Gasteiger partial charge in [0, 0.05) is 23.3 Å². The van der Waals surface area contributed by atoms with Crippen molar-refractivity contribution in [2.24, 2.45) is 5.41 Å². The molecule has 0 heterocycles. The molecular weight excluding hydrogens is 350 g/mol. The smallest absolute Gasteiger partial charge is 0.307 e. The van der Waals surface area contributed by atoms with E-state index in [-0.39, 0.29) is 35.7 Å². The van der Waals surface area contributed by atoms with Gasteiger partial charge in [0.05, 0.1) is 13.0 Å². The van der Waals surface area contributed by atoms with Crippen LogP contribution in [0.15, 0.2) is 35.9 Å². The van der Waals surface area contributed by atoms with Crippen LogP contribution < -0.4 is 5.32 Å². The highest BCUT2D eigenvalue weighted by Gasteiger charge is 2.23. The number of hydrogen-bond donors (Lipinski definition) is 1. The standard InChI is InChI=1S/C20H27NO4S/c1-5-25-17(22)11-12-21-18(23)16(13-15-9-7-6-8-10-15)14-26-19(24)20(2,3)4/h6-10,13H,5,11-12,14H2,1-4H3,(H,21,23). The summed E-state index contributed by atoms with van der Waals surface area (Å²) in [6, 6.07) is 9.45. The lowest BCUT2D eigenvalue weighted by molar-refractivity contribution is -0.143. The second-order valence-electron chi connectivity index (χ2n) is 6.72. The molecule has 0 spiro atoms. The molecule has 1 rings (SSSR count). The monoisotopic (exact) mass is 377 g/mol. The number of hydrogen-bond acceptors (Lipinski definition) is 5. The van der Waals surface area contributed by atoms with E-state index in [0.717, 1.165) is 17.3 Å². The van der Waals surface area contributed by atoms with E-state index in [9.17, 15) is 14.4 Å². The Labute approximate surface area is 159 Å². The fourth-order valence-corrected chi connectivity index (χ4v) is 2.84. The number of benzene rings is 1. The fourth-order valence-electron chi connectivity index (χ4n) is 1.91. The molecule has 0 saturated heterocycles. The van der Waals surface area contributed by atoms with Crippen LogP contribution in [0, 0.1) is 5.41 Å². The van der Waals surface area contributed by atoms with Crippen molar-refractivity contribution in [2.75, 3.05) is 18.9 Å². The van der Waals surface area contributed by atoms with Gasteiger partial charge in [-0.25, -0.2) is 0 Å². The molecule has 1 N–H and O–H groups in total. The highest BCUT2D eigenvalue weighted by molar-refractivity contribution is 8.13. The van der Waals surface area contributed by atoms with Crippen LogP contribution in [-0.4, -0.2) is 35.9 Å². The molecule has 0 aromatic heterocycles. The van der Waals surface area contributed by atoms with Crippen LogP contribution in [0.4, 0.5) is 0 Å². The van der Waals surface area contributed by atoms with Gasteiger partial charge in [-0.2, -0.15) is 0 Å². The summed E-state index contributed by atoms with van der Waals surface area (Å²) in [5.74, 6) is -0.359. The third-order valence-corrected chi connectivity index (χ3v) is 4.65. The predicted octanol–water partition coefficient (Wildman–Crippen LogP) is 3.45. The molecule has 5 nitrogen and oxygen atoms in total. The second kappa shape index (κ2) is 10.8. The van der Waals surface area contributed by atoms with Gasteiger partial charge in [0.25, 0.3) is 0 Å². The van der Waals surface area contributed by atoms with E-state index >= 15 is 0 Å². The molecule has 0 radical (unpaired) electrons. The summed E-state index contributed by atoms with van der Waals surface area (Å²) in [6.07, 6.45) is 1.88. The molecule has 1 aromatic carbocycles. The van der Waals surface area contributed by atoms with E-state index in [1.54, 1.807) is 13.0 Å². The molecule has 0 atom stereocenters. The average molecular weight is 378 g/mol. The van der Waals surface area contributed by atoms with E-state index in [1.165, 1.54) is 0 Å². The van der Waals surface area contributed by atoms with E-state index in [4.69, 9.17) is 4.74 Å². The summed E-state index contributed by atoms with van der Waals surface area (Å²) in [4.78, 5) is 36.0. The fraction of sp³-hybridized carbons (Fsp3) is 0.450. The SMILES string of the molecule is CCOC(=O)CCNC(=O)C(=Cc1ccccc1)CSC(=O)C(C)(C)C. The first-order valence-corrected chi connectivity index (χ1v) is 9.59. The van der Waals surface area contributed by atoms with Crippen LogP contribution in [0.3, 0.4) is 0 Å². The number of carbonyl (C=O) groups excluding carboxylic acids is 3. The van der Waals surface area contributed by atoms with E-state index in [2.05, 4.69) is 5.32 Å². The van der Waals surface area contributed by atoms with Crippen molar-refractivity contribution < 1.29 is 19.1 Å². The molecule has 0 saturated carbocycles. The molecule has 0 bridgehead atoms. The molecule has 1 amide bonds. The molecule has 0 aliphatic carbocycles. The van der Waals surface area contributed by atoms with Crippen molar-refractivity contribution in [2.45, 2.75) is 34.1 Å². The van der Waals surface area contributed by atoms with Gasteiger partial charge in [-0.1, -0.05) is 62.9 Å². The number of rotatable bonds is 8. The Balaban J connectivity index is 2.77. The van der Waals surface area contributed by atoms with Crippen molar-refractivity contribution in [3.8, 4) is 0 Å². The number of amides is 1. The van der Waals surface area contributed by atoms with Gasteiger partial charge in [0.15, 0.2) is 5.12 Å². The van der Waals surface area contributed by atoms with Gasteiger partial charge >= 0.3 is 5.97 Å². The van der Waals surface area contributed by atoms with Crippen LogP contribution in [0.25, 0.3) is 6.08 Å². The highest BCUT2D eigenvalue weighted by Crippen LogP contribution is 2.25. The predicted molar refractivity (Wildman–Crippen MR) is 106 cm³/mol. The lowest BCUT2D eigenvalue weighted by atomic mass is 10.00. The number of thioether (sulfide) groups is 1. The van der Waals surface area contributed by atoms with Gasteiger partial charge in [-0.05, 0) is 18.6 Å². The van der Waals surface area contributed by atoms with Crippen molar-refractivity contribution in [1.29, 1.82) is 0 Å². The van der Waals surface area contributed by atoms with Crippen LogP contribution in [-0.2, 0) is 19.1 Å². The molecule has 0 unspecified atom stereocenters. The zero-order valence-corrected chi connectivity index (χ0v) is 16.7. The van der Waals surface area contributed by atoms with Crippen LogP contribution >= 0.6 is 11.8 Å². The van der Waals surface area contributed by atoms with Crippen molar-refractivity contribution >= 4 is 34.8 Å². The molecule has 0 aliphatic heterocycles. The minimum atomic E-state index is -0.469. The van der Waals surface area contributed by atoms with Crippen molar-refractivity contribution in [3.63, 3.8) is 0 Å². The maximum atomic E-state index is 12.5. The van der Waals surface area contributed by atoms with Crippen LogP contribution in [0.1, 0.15) is 39.7 Å².